The second kappa shape index (κ2) is 16.8. The molecule has 0 bridgehead atoms. The summed E-state index contributed by atoms with van der Waals surface area (Å²) in [5.74, 6) is 1.37. The van der Waals surface area contributed by atoms with Gasteiger partial charge in [0.1, 0.15) is 0 Å². The Balaban J connectivity index is 0. The van der Waals surface area contributed by atoms with Crippen LogP contribution in [0, 0.1) is 5.92 Å². The number of halogens is 1. The molecule has 0 aromatic rings. The van der Waals surface area contributed by atoms with Crippen LogP contribution in [-0.2, 0) is 0 Å². The van der Waals surface area contributed by atoms with E-state index in [9.17, 15) is 0 Å². The lowest BCUT2D eigenvalue weighted by molar-refractivity contribution is 0.253. The molecule has 5 heteroatoms. The first-order valence-electron chi connectivity index (χ1n) is 7.52. The van der Waals surface area contributed by atoms with Gasteiger partial charge in [-0.15, -0.1) is 24.0 Å². The summed E-state index contributed by atoms with van der Waals surface area (Å²) in [4.78, 5) is 4.61. The summed E-state index contributed by atoms with van der Waals surface area (Å²) < 4.78 is 0. The summed E-state index contributed by atoms with van der Waals surface area (Å²) in [6.07, 6.45) is 8.32. The van der Waals surface area contributed by atoms with Crippen LogP contribution in [0.1, 0.15) is 46.5 Å². The fourth-order valence-corrected chi connectivity index (χ4v) is 1.92. The third kappa shape index (κ3) is 12.7. The summed E-state index contributed by atoms with van der Waals surface area (Å²) in [7, 11) is 0. The lowest BCUT2D eigenvalue weighted by Crippen LogP contribution is -2.38. The zero-order valence-electron chi connectivity index (χ0n) is 13.2. The molecule has 0 heterocycles. The Bertz CT molecular complexity index is 252. The first-order chi connectivity index (χ1) is 9.28. The number of aliphatic imine (C=N–C) groups is 1. The van der Waals surface area contributed by atoms with E-state index in [2.05, 4.69) is 41.6 Å². The first-order valence-corrected chi connectivity index (χ1v) is 7.52. The van der Waals surface area contributed by atoms with Crippen LogP contribution in [0.4, 0.5) is 0 Å². The van der Waals surface area contributed by atoms with E-state index >= 15 is 0 Å². The summed E-state index contributed by atoms with van der Waals surface area (Å²) in [6.45, 7) is 9.08. The molecule has 0 fully saturated rings. The van der Waals surface area contributed by atoms with E-state index in [-0.39, 0.29) is 30.6 Å². The molecule has 0 aromatic heterocycles. The van der Waals surface area contributed by atoms with E-state index < -0.39 is 0 Å². The largest absolute Gasteiger partial charge is 0.396 e. The van der Waals surface area contributed by atoms with Gasteiger partial charge in [-0.1, -0.05) is 25.5 Å². The zero-order valence-corrected chi connectivity index (χ0v) is 15.5. The molecule has 0 radical (unpaired) electrons. The fourth-order valence-electron chi connectivity index (χ4n) is 1.92. The van der Waals surface area contributed by atoms with Crippen molar-refractivity contribution in [3.63, 3.8) is 0 Å². The van der Waals surface area contributed by atoms with E-state index in [1.165, 1.54) is 0 Å². The zero-order chi connectivity index (χ0) is 14.3. The minimum Gasteiger partial charge on any atom is -0.396 e. The summed E-state index contributed by atoms with van der Waals surface area (Å²) in [6, 6.07) is 0. The van der Waals surface area contributed by atoms with Crippen molar-refractivity contribution < 1.29 is 5.11 Å². The average molecular weight is 397 g/mol. The van der Waals surface area contributed by atoms with Gasteiger partial charge in [0, 0.05) is 26.2 Å². The fraction of sp³-hybridized carbons (Fsp3) is 0.800. The summed E-state index contributed by atoms with van der Waals surface area (Å²) >= 11 is 0. The minimum absolute atomic E-state index is 0. The lowest BCUT2D eigenvalue weighted by atomic mass is 10.0. The Morgan fingerprint density at radius 2 is 2.00 bits per heavy atom. The third-order valence-electron chi connectivity index (χ3n) is 2.93. The van der Waals surface area contributed by atoms with Gasteiger partial charge >= 0.3 is 0 Å². The number of nitrogens with one attached hydrogen (secondary N) is 2. The monoisotopic (exact) mass is 397 g/mol. The van der Waals surface area contributed by atoms with Crippen LogP contribution in [-0.4, -0.2) is 37.3 Å². The SMILES string of the molecule is C/C=C/CCNC(=NCC(CCC)CCO)NCC.I. The van der Waals surface area contributed by atoms with Crippen LogP contribution in [0.3, 0.4) is 0 Å². The molecule has 3 N–H and O–H groups in total. The lowest BCUT2D eigenvalue weighted by Gasteiger charge is -2.15. The van der Waals surface area contributed by atoms with Gasteiger partial charge < -0.3 is 15.7 Å². The molecule has 20 heavy (non-hydrogen) atoms. The van der Waals surface area contributed by atoms with Gasteiger partial charge in [-0.25, -0.2) is 0 Å². The van der Waals surface area contributed by atoms with Crippen molar-refractivity contribution in [2.75, 3.05) is 26.2 Å². The predicted molar refractivity (Wildman–Crippen MR) is 98.9 cm³/mol. The maximum Gasteiger partial charge on any atom is 0.191 e. The number of hydrogen-bond donors (Lipinski definition) is 3. The molecule has 0 aliphatic rings. The Labute approximate surface area is 141 Å². The molecule has 0 rings (SSSR count). The van der Waals surface area contributed by atoms with Gasteiger partial charge in [0.15, 0.2) is 5.96 Å². The van der Waals surface area contributed by atoms with Crippen LogP contribution in [0.2, 0.25) is 0 Å². The van der Waals surface area contributed by atoms with Crippen LogP contribution in [0.15, 0.2) is 17.1 Å². The highest BCUT2D eigenvalue weighted by atomic mass is 127. The van der Waals surface area contributed by atoms with Crippen molar-refractivity contribution in [3.05, 3.63) is 12.2 Å². The number of rotatable bonds is 10. The van der Waals surface area contributed by atoms with Crippen molar-refractivity contribution in [3.8, 4) is 0 Å². The number of hydrogen-bond acceptors (Lipinski definition) is 2. The van der Waals surface area contributed by atoms with E-state index in [0.29, 0.717) is 5.92 Å². The molecule has 0 amide bonds. The maximum absolute atomic E-state index is 9.05. The van der Waals surface area contributed by atoms with E-state index in [4.69, 9.17) is 5.11 Å². The molecule has 0 aliphatic carbocycles. The van der Waals surface area contributed by atoms with Gasteiger partial charge in [-0.3, -0.25) is 4.99 Å². The molecule has 0 aromatic carbocycles. The number of nitrogens with zero attached hydrogens (tertiary/aromatic N) is 1. The van der Waals surface area contributed by atoms with Crippen molar-refractivity contribution in [2.24, 2.45) is 10.9 Å². The molecule has 1 unspecified atom stereocenters. The predicted octanol–water partition coefficient (Wildman–Crippen LogP) is 2.92. The van der Waals surface area contributed by atoms with Crippen LogP contribution in [0.5, 0.6) is 0 Å². The van der Waals surface area contributed by atoms with Crippen LogP contribution >= 0.6 is 24.0 Å². The van der Waals surface area contributed by atoms with Crippen molar-refractivity contribution in [1.82, 2.24) is 10.6 Å². The number of allylic oxidation sites excluding steroid dienone is 1. The molecular weight excluding hydrogens is 365 g/mol. The number of aliphatic hydroxyl groups is 1. The van der Waals surface area contributed by atoms with E-state index in [1.807, 2.05) is 6.92 Å². The van der Waals surface area contributed by atoms with E-state index in [1.54, 1.807) is 0 Å². The number of aliphatic hydroxyl groups excluding tert-OH is 1. The quantitative estimate of drug-likeness (QED) is 0.175. The average Bonchev–Trinajstić information content (AvgIpc) is 2.41. The molecule has 0 aliphatic heterocycles. The highest BCUT2D eigenvalue weighted by molar-refractivity contribution is 14.0. The normalized spacial score (nSPS) is 13.1. The van der Waals surface area contributed by atoms with Gasteiger partial charge in [-0.2, -0.15) is 0 Å². The summed E-state index contributed by atoms with van der Waals surface area (Å²) in [5, 5.41) is 15.6. The topological polar surface area (TPSA) is 56.7 Å². The number of guanidine groups is 1. The van der Waals surface area contributed by atoms with E-state index in [0.717, 1.165) is 51.3 Å². The second-order valence-electron chi connectivity index (χ2n) is 4.67. The van der Waals surface area contributed by atoms with Crippen molar-refractivity contribution in [1.29, 1.82) is 0 Å². The molecule has 1 atom stereocenters. The Morgan fingerprint density at radius 3 is 2.55 bits per heavy atom. The Morgan fingerprint density at radius 1 is 1.25 bits per heavy atom. The van der Waals surface area contributed by atoms with Gasteiger partial charge in [0.25, 0.3) is 0 Å². The van der Waals surface area contributed by atoms with Gasteiger partial charge in [-0.05, 0) is 39.0 Å². The highest BCUT2D eigenvalue weighted by Crippen LogP contribution is 2.10. The summed E-state index contributed by atoms with van der Waals surface area (Å²) in [5.41, 5.74) is 0. The second-order valence-corrected chi connectivity index (χ2v) is 4.67. The molecule has 0 saturated heterocycles. The highest BCUT2D eigenvalue weighted by Gasteiger charge is 2.06. The third-order valence-corrected chi connectivity index (χ3v) is 2.93. The van der Waals surface area contributed by atoms with Gasteiger partial charge in [0.05, 0.1) is 0 Å². The molecule has 0 saturated carbocycles. The molecule has 0 spiro atoms. The molecule has 120 valence electrons. The Kier molecular flexibility index (Phi) is 18.4. The minimum atomic E-state index is 0. The standard InChI is InChI=1S/C15H31N3O.HI/c1-4-7-8-11-17-15(16-6-3)18-13-14(9-5-2)10-12-19;/h4,7,14,19H,5-6,8-13H2,1-3H3,(H2,16,17,18);1H/b7-4+;. The molecular formula is C15H32IN3O. The van der Waals surface area contributed by atoms with Crippen LogP contribution < -0.4 is 10.6 Å². The van der Waals surface area contributed by atoms with Crippen molar-refractivity contribution in [2.45, 2.75) is 46.5 Å². The Hall–Kier alpha value is -0.300. The first kappa shape index (κ1) is 22.0. The molecule has 4 nitrogen and oxygen atoms in total. The van der Waals surface area contributed by atoms with Crippen molar-refractivity contribution >= 4 is 29.9 Å². The van der Waals surface area contributed by atoms with Gasteiger partial charge in [0.2, 0.25) is 0 Å². The van der Waals surface area contributed by atoms with Crippen LogP contribution in [0.25, 0.3) is 0 Å². The smallest absolute Gasteiger partial charge is 0.191 e. The maximum atomic E-state index is 9.05.